The van der Waals surface area contributed by atoms with Crippen LogP contribution < -0.4 is 5.32 Å². The second-order valence-electron chi connectivity index (χ2n) is 4.98. The molecule has 2 heteroatoms. The van der Waals surface area contributed by atoms with E-state index in [2.05, 4.69) is 79.8 Å². The Bertz CT molecular complexity index is 483. The summed E-state index contributed by atoms with van der Waals surface area (Å²) in [6.07, 6.45) is 1.16. The molecule has 2 rings (SSSR count). The van der Waals surface area contributed by atoms with Gasteiger partial charge in [0.2, 0.25) is 0 Å². The number of rotatable bonds is 7. The second-order valence-corrected chi connectivity index (χ2v) is 6.43. The third kappa shape index (κ3) is 4.39. The van der Waals surface area contributed by atoms with E-state index < -0.39 is 0 Å². The van der Waals surface area contributed by atoms with Crippen LogP contribution in [0.2, 0.25) is 0 Å². The monoisotopic (exact) mass is 285 g/mol. The smallest absolute Gasteiger partial charge is 0.0441 e. The Labute approximate surface area is 126 Å². The van der Waals surface area contributed by atoms with Gasteiger partial charge in [0, 0.05) is 16.2 Å². The van der Waals surface area contributed by atoms with Gasteiger partial charge in [-0.25, -0.2) is 0 Å². The maximum absolute atomic E-state index is 3.68. The van der Waals surface area contributed by atoms with E-state index in [9.17, 15) is 0 Å². The molecule has 0 aromatic heterocycles. The lowest BCUT2D eigenvalue weighted by Crippen LogP contribution is -2.29. The molecular weight excluding hydrogens is 262 g/mol. The van der Waals surface area contributed by atoms with Gasteiger partial charge in [-0.2, -0.15) is 0 Å². The van der Waals surface area contributed by atoms with Crippen molar-refractivity contribution < 1.29 is 0 Å². The number of nitrogens with one attached hydrogen (secondary N) is 1. The van der Waals surface area contributed by atoms with Crippen molar-refractivity contribution in [1.82, 2.24) is 5.32 Å². The summed E-state index contributed by atoms with van der Waals surface area (Å²) in [5.74, 6) is 0. The highest BCUT2D eigenvalue weighted by Crippen LogP contribution is 2.31. The molecule has 1 nitrogen and oxygen atoms in total. The van der Waals surface area contributed by atoms with Crippen molar-refractivity contribution in [2.45, 2.75) is 36.5 Å². The summed E-state index contributed by atoms with van der Waals surface area (Å²) in [6, 6.07) is 21.8. The van der Waals surface area contributed by atoms with Gasteiger partial charge in [-0.1, -0.05) is 62.4 Å². The Morgan fingerprint density at radius 3 is 2.15 bits per heavy atom. The van der Waals surface area contributed by atoms with E-state index in [-0.39, 0.29) is 0 Å². The van der Waals surface area contributed by atoms with Crippen LogP contribution in [0, 0.1) is 0 Å². The lowest BCUT2D eigenvalue weighted by atomic mass is 10.0. The molecule has 2 aromatic carbocycles. The quantitative estimate of drug-likeness (QED) is 0.726. The molecule has 0 bridgehead atoms. The summed E-state index contributed by atoms with van der Waals surface area (Å²) in [5.41, 5.74) is 1.37. The molecule has 0 aliphatic rings. The number of hydrogen-bond donors (Lipinski definition) is 1. The fraction of sp³-hybridized carbons (Fsp3) is 0.333. The van der Waals surface area contributed by atoms with Crippen molar-refractivity contribution in [3.05, 3.63) is 66.2 Å². The maximum atomic E-state index is 3.68. The molecule has 0 saturated carbocycles. The summed E-state index contributed by atoms with van der Waals surface area (Å²) in [7, 11) is 0. The zero-order valence-corrected chi connectivity index (χ0v) is 13.1. The summed E-state index contributed by atoms with van der Waals surface area (Å²) in [4.78, 5) is 1.33. The Hall–Kier alpha value is -1.25. The number of hydrogen-bond acceptors (Lipinski definition) is 2. The average Bonchev–Trinajstić information content (AvgIpc) is 2.50. The van der Waals surface area contributed by atoms with Gasteiger partial charge in [-0.15, -0.1) is 11.8 Å². The molecule has 0 amide bonds. The summed E-state index contributed by atoms with van der Waals surface area (Å²) in [6.45, 7) is 5.57. The van der Waals surface area contributed by atoms with E-state index >= 15 is 0 Å². The van der Waals surface area contributed by atoms with Crippen LogP contribution in [0.4, 0.5) is 0 Å². The molecule has 20 heavy (non-hydrogen) atoms. The summed E-state index contributed by atoms with van der Waals surface area (Å²) >= 11 is 1.93. The van der Waals surface area contributed by atoms with Crippen molar-refractivity contribution in [2.75, 3.05) is 6.54 Å². The van der Waals surface area contributed by atoms with Crippen molar-refractivity contribution in [3.63, 3.8) is 0 Å². The molecule has 0 aliphatic heterocycles. The molecule has 1 N–H and O–H groups in total. The van der Waals surface area contributed by atoms with Crippen LogP contribution in [0.25, 0.3) is 0 Å². The van der Waals surface area contributed by atoms with E-state index in [0.29, 0.717) is 11.3 Å². The van der Waals surface area contributed by atoms with Crippen LogP contribution in [0.1, 0.15) is 31.9 Å². The molecule has 106 valence electrons. The van der Waals surface area contributed by atoms with Crippen LogP contribution in [0.5, 0.6) is 0 Å². The zero-order valence-electron chi connectivity index (χ0n) is 12.3. The van der Waals surface area contributed by atoms with Crippen LogP contribution in [-0.2, 0) is 0 Å². The minimum atomic E-state index is 0.390. The Morgan fingerprint density at radius 2 is 1.55 bits per heavy atom. The standard InChI is InChI=1S/C18H23NS/c1-3-14-19-18(16-10-6-4-7-11-16)15(2)20-17-12-8-5-9-13-17/h4-13,15,18-19H,3,14H2,1-2H3. The van der Waals surface area contributed by atoms with Gasteiger partial charge in [0.05, 0.1) is 0 Å². The van der Waals surface area contributed by atoms with E-state index in [0.717, 1.165) is 13.0 Å². The second kappa shape index (κ2) is 8.13. The third-order valence-corrected chi connectivity index (χ3v) is 4.50. The maximum Gasteiger partial charge on any atom is 0.0441 e. The molecule has 2 atom stereocenters. The average molecular weight is 285 g/mol. The van der Waals surface area contributed by atoms with Crippen LogP contribution in [0.3, 0.4) is 0 Å². The summed E-state index contributed by atoms with van der Waals surface area (Å²) in [5, 5.41) is 4.18. The normalized spacial score (nSPS) is 13.9. The molecule has 0 fully saturated rings. The fourth-order valence-corrected chi connectivity index (χ4v) is 3.43. The number of benzene rings is 2. The lowest BCUT2D eigenvalue weighted by Gasteiger charge is -2.25. The first-order valence-corrected chi connectivity index (χ1v) is 8.19. The van der Waals surface area contributed by atoms with Gasteiger partial charge in [-0.3, -0.25) is 0 Å². The predicted molar refractivity (Wildman–Crippen MR) is 89.2 cm³/mol. The first-order chi connectivity index (χ1) is 9.81. The fourth-order valence-electron chi connectivity index (χ4n) is 2.30. The van der Waals surface area contributed by atoms with Gasteiger partial charge in [0.1, 0.15) is 0 Å². The molecule has 2 aromatic rings. The minimum Gasteiger partial charge on any atom is -0.309 e. The van der Waals surface area contributed by atoms with Crippen molar-refractivity contribution in [2.24, 2.45) is 0 Å². The van der Waals surface area contributed by atoms with E-state index in [1.807, 2.05) is 11.8 Å². The molecular formula is C18H23NS. The third-order valence-electron chi connectivity index (χ3n) is 3.31. The molecule has 0 heterocycles. The summed E-state index contributed by atoms with van der Waals surface area (Å²) < 4.78 is 0. The first-order valence-electron chi connectivity index (χ1n) is 7.31. The molecule has 0 saturated heterocycles. The van der Waals surface area contributed by atoms with Crippen LogP contribution in [-0.4, -0.2) is 11.8 Å². The molecule has 0 aliphatic carbocycles. The SMILES string of the molecule is CCCNC(c1ccccc1)C(C)Sc1ccccc1. The molecule has 0 radical (unpaired) electrons. The molecule has 0 spiro atoms. The van der Waals surface area contributed by atoms with E-state index in [4.69, 9.17) is 0 Å². The highest BCUT2D eigenvalue weighted by molar-refractivity contribution is 8.00. The van der Waals surface area contributed by atoms with Crippen LogP contribution in [0.15, 0.2) is 65.6 Å². The van der Waals surface area contributed by atoms with Crippen molar-refractivity contribution in [3.8, 4) is 0 Å². The molecule has 2 unspecified atom stereocenters. The Kier molecular flexibility index (Phi) is 6.16. The van der Waals surface area contributed by atoms with Gasteiger partial charge in [0.15, 0.2) is 0 Å². The minimum absolute atomic E-state index is 0.390. The van der Waals surface area contributed by atoms with Crippen molar-refractivity contribution >= 4 is 11.8 Å². The zero-order chi connectivity index (χ0) is 14.2. The predicted octanol–water partition coefficient (Wildman–Crippen LogP) is 4.91. The van der Waals surface area contributed by atoms with Crippen molar-refractivity contribution in [1.29, 1.82) is 0 Å². The topological polar surface area (TPSA) is 12.0 Å². The Balaban J connectivity index is 2.10. The highest BCUT2D eigenvalue weighted by atomic mass is 32.2. The van der Waals surface area contributed by atoms with Crippen LogP contribution >= 0.6 is 11.8 Å². The largest absolute Gasteiger partial charge is 0.309 e. The lowest BCUT2D eigenvalue weighted by molar-refractivity contribution is 0.528. The highest BCUT2D eigenvalue weighted by Gasteiger charge is 2.19. The van der Waals surface area contributed by atoms with Gasteiger partial charge in [0.25, 0.3) is 0 Å². The Morgan fingerprint density at radius 1 is 0.950 bits per heavy atom. The van der Waals surface area contributed by atoms with Gasteiger partial charge in [-0.05, 0) is 30.7 Å². The van der Waals surface area contributed by atoms with Gasteiger partial charge >= 0.3 is 0 Å². The van der Waals surface area contributed by atoms with Gasteiger partial charge < -0.3 is 5.32 Å². The first kappa shape index (κ1) is 15.1. The number of thioether (sulfide) groups is 1. The van der Waals surface area contributed by atoms with E-state index in [1.54, 1.807) is 0 Å². The van der Waals surface area contributed by atoms with E-state index in [1.165, 1.54) is 10.5 Å².